The van der Waals surface area contributed by atoms with Gasteiger partial charge in [0.05, 0.1) is 24.7 Å². The third-order valence-corrected chi connectivity index (χ3v) is 4.31. The van der Waals surface area contributed by atoms with Crippen LogP contribution in [0.3, 0.4) is 0 Å². The van der Waals surface area contributed by atoms with Gasteiger partial charge in [-0.2, -0.15) is 0 Å². The van der Waals surface area contributed by atoms with Gasteiger partial charge in [-0.15, -0.1) is 0 Å². The van der Waals surface area contributed by atoms with Crippen molar-refractivity contribution < 1.29 is 28.7 Å². The molecular formula is C21H23NO7. The van der Waals surface area contributed by atoms with Crippen LogP contribution in [-0.4, -0.2) is 36.5 Å². The van der Waals surface area contributed by atoms with Gasteiger partial charge in [0.25, 0.3) is 5.69 Å². The number of benzene rings is 2. The summed E-state index contributed by atoms with van der Waals surface area (Å²) in [5, 5.41) is 11.4. The number of aryl methyl sites for hydroxylation is 2. The summed E-state index contributed by atoms with van der Waals surface area (Å²) >= 11 is 0. The number of nitro groups is 1. The Morgan fingerprint density at radius 2 is 1.79 bits per heavy atom. The Balaban J connectivity index is 2.35. The molecule has 0 amide bonds. The van der Waals surface area contributed by atoms with Gasteiger partial charge in [-0.05, 0) is 39.3 Å². The number of carbonyl (C=O) groups excluding carboxylic acids is 2. The number of Topliss-reactive ketones (excluding diaryl/α,β-unsaturated/α-hetero) is 1. The van der Waals surface area contributed by atoms with E-state index in [9.17, 15) is 19.7 Å². The highest BCUT2D eigenvalue weighted by atomic mass is 16.6. The predicted octanol–water partition coefficient (Wildman–Crippen LogP) is 4.05. The summed E-state index contributed by atoms with van der Waals surface area (Å²) in [4.78, 5) is 36.1. The van der Waals surface area contributed by atoms with E-state index in [2.05, 4.69) is 0 Å². The van der Waals surface area contributed by atoms with Crippen LogP contribution in [0.15, 0.2) is 30.3 Å². The molecule has 0 spiro atoms. The SMILES string of the molecule is CCOc1cc(C(=O)O[C@@H](C)C(=O)c2cc(C)ccc2C)c([N+](=O)[O-])cc1OC. The second kappa shape index (κ2) is 9.18. The number of nitro benzene ring substituents is 1. The molecule has 0 aliphatic carbocycles. The van der Waals surface area contributed by atoms with Gasteiger partial charge in [0, 0.05) is 11.6 Å². The van der Waals surface area contributed by atoms with E-state index in [1.54, 1.807) is 26.0 Å². The molecule has 1 atom stereocenters. The summed E-state index contributed by atoms with van der Waals surface area (Å²) in [5.74, 6) is -1.09. The molecule has 0 heterocycles. The second-order valence-electron chi connectivity index (χ2n) is 6.44. The zero-order chi connectivity index (χ0) is 21.7. The average molecular weight is 401 g/mol. The van der Waals surface area contributed by atoms with Gasteiger partial charge in [0.1, 0.15) is 5.56 Å². The van der Waals surface area contributed by atoms with Gasteiger partial charge >= 0.3 is 5.97 Å². The first-order valence-corrected chi connectivity index (χ1v) is 9.01. The van der Waals surface area contributed by atoms with Crippen LogP contribution in [0.25, 0.3) is 0 Å². The van der Waals surface area contributed by atoms with Crippen LogP contribution in [0.1, 0.15) is 45.7 Å². The van der Waals surface area contributed by atoms with E-state index in [0.717, 1.165) is 17.2 Å². The Kier molecular flexibility index (Phi) is 6.93. The van der Waals surface area contributed by atoms with Crippen molar-refractivity contribution in [2.24, 2.45) is 0 Å². The first kappa shape index (κ1) is 21.9. The lowest BCUT2D eigenvalue weighted by Gasteiger charge is -2.15. The Morgan fingerprint density at radius 3 is 2.38 bits per heavy atom. The van der Waals surface area contributed by atoms with Gasteiger partial charge < -0.3 is 14.2 Å². The number of hydrogen-bond donors (Lipinski definition) is 0. The fraction of sp³-hybridized carbons (Fsp3) is 0.333. The van der Waals surface area contributed by atoms with Gasteiger partial charge in [0.15, 0.2) is 17.6 Å². The smallest absolute Gasteiger partial charge is 0.346 e. The summed E-state index contributed by atoms with van der Waals surface area (Å²) in [6, 6.07) is 7.68. The molecule has 0 aliphatic heterocycles. The molecule has 0 fully saturated rings. The lowest BCUT2D eigenvalue weighted by molar-refractivity contribution is -0.385. The largest absolute Gasteiger partial charge is 0.493 e. The molecule has 0 N–H and O–H groups in total. The van der Waals surface area contributed by atoms with Crippen molar-refractivity contribution in [2.45, 2.75) is 33.8 Å². The van der Waals surface area contributed by atoms with Crippen LogP contribution in [-0.2, 0) is 4.74 Å². The molecule has 29 heavy (non-hydrogen) atoms. The number of ketones is 1. The Hall–Kier alpha value is -3.42. The molecule has 0 aromatic heterocycles. The summed E-state index contributed by atoms with van der Waals surface area (Å²) in [6.45, 7) is 7.06. The van der Waals surface area contributed by atoms with Crippen LogP contribution in [0.4, 0.5) is 5.69 Å². The average Bonchev–Trinajstić information content (AvgIpc) is 2.68. The van der Waals surface area contributed by atoms with Gasteiger partial charge in [-0.1, -0.05) is 17.7 Å². The minimum absolute atomic E-state index is 0.120. The van der Waals surface area contributed by atoms with E-state index in [4.69, 9.17) is 14.2 Å². The van der Waals surface area contributed by atoms with Gasteiger partial charge in [-0.25, -0.2) is 4.79 Å². The minimum Gasteiger partial charge on any atom is -0.493 e. The highest BCUT2D eigenvalue weighted by molar-refractivity contribution is 6.03. The second-order valence-corrected chi connectivity index (χ2v) is 6.44. The molecule has 2 aromatic rings. The number of nitrogens with zero attached hydrogens (tertiary/aromatic N) is 1. The summed E-state index contributed by atoms with van der Waals surface area (Å²) in [6.07, 6.45) is -1.12. The summed E-state index contributed by atoms with van der Waals surface area (Å²) in [5.41, 5.74) is 1.26. The van der Waals surface area contributed by atoms with Crippen LogP contribution >= 0.6 is 0 Å². The van der Waals surface area contributed by atoms with Gasteiger partial charge in [-0.3, -0.25) is 14.9 Å². The molecule has 0 radical (unpaired) electrons. The maximum Gasteiger partial charge on any atom is 0.346 e. The molecule has 0 unspecified atom stereocenters. The zero-order valence-electron chi connectivity index (χ0n) is 17.0. The monoisotopic (exact) mass is 401 g/mol. The maximum atomic E-state index is 12.7. The number of methoxy groups -OCH3 is 1. The standard InChI is InChI=1S/C21H23NO7/c1-6-28-19-10-16(17(22(25)26)11-18(19)27-5)21(24)29-14(4)20(23)15-9-12(2)7-8-13(15)3/h7-11,14H,6H2,1-5H3/t14-/m0/s1. The van der Waals surface area contributed by atoms with E-state index in [-0.39, 0.29) is 29.5 Å². The maximum absolute atomic E-state index is 12.7. The molecule has 2 aromatic carbocycles. The normalized spacial score (nSPS) is 11.5. The van der Waals surface area contributed by atoms with E-state index < -0.39 is 22.7 Å². The molecule has 0 saturated carbocycles. The van der Waals surface area contributed by atoms with Crippen LogP contribution < -0.4 is 9.47 Å². The Morgan fingerprint density at radius 1 is 1.10 bits per heavy atom. The summed E-state index contributed by atoms with van der Waals surface area (Å²) < 4.78 is 15.7. The first-order chi connectivity index (χ1) is 13.7. The third-order valence-electron chi connectivity index (χ3n) is 4.31. The van der Waals surface area contributed by atoms with Crippen molar-refractivity contribution in [1.29, 1.82) is 0 Å². The molecular weight excluding hydrogens is 378 g/mol. The van der Waals surface area contributed by atoms with E-state index in [1.165, 1.54) is 20.1 Å². The topological polar surface area (TPSA) is 105 Å². The summed E-state index contributed by atoms with van der Waals surface area (Å²) in [7, 11) is 1.34. The molecule has 154 valence electrons. The number of carbonyl (C=O) groups is 2. The van der Waals surface area contributed by atoms with Gasteiger partial charge in [0.2, 0.25) is 5.78 Å². The fourth-order valence-electron chi connectivity index (χ4n) is 2.79. The predicted molar refractivity (Wildman–Crippen MR) is 106 cm³/mol. The quantitative estimate of drug-likeness (QED) is 0.284. The number of ether oxygens (including phenoxy) is 3. The Bertz CT molecular complexity index is 952. The van der Waals surface area contributed by atoms with E-state index in [0.29, 0.717) is 5.56 Å². The zero-order valence-corrected chi connectivity index (χ0v) is 17.0. The minimum atomic E-state index is -1.12. The van der Waals surface area contributed by atoms with Crippen LogP contribution in [0.5, 0.6) is 11.5 Å². The molecule has 0 saturated heterocycles. The lowest BCUT2D eigenvalue weighted by atomic mass is 9.99. The Labute approximate surface area is 168 Å². The molecule has 0 bridgehead atoms. The number of rotatable bonds is 8. The lowest BCUT2D eigenvalue weighted by Crippen LogP contribution is -2.25. The van der Waals surface area contributed by atoms with Crippen LogP contribution in [0.2, 0.25) is 0 Å². The number of esters is 1. The van der Waals surface area contributed by atoms with Crippen molar-refractivity contribution in [3.8, 4) is 11.5 Å². The highest BCUT2D eigenvalue weighted by Gasteiger charge is 2.29. The fourth-order valence-corrected chi connectivity index (χ4v) is 2.79. The van der Waals surface area contributed by atoms with Crippen LogP contribution in [0, 0.1) is 24.0 Å². The van der Waals surface area contributed by atoms with Crippen molar-refractivity contribution in [3.63, 3.8) is 0 Å². The molecule has 2 rings (SSSR count). The molecule has 0 aliphatic rings. The van der Waals surface area contributed by atoms with Crippen molar-refractivity contribution >= 4 is 17.4 Å². The molecule has 8 nitrogen and oxygen atoms in total. The molecule has 8 heteroatoms. The van der Waals surface area contributed by atoms with Crippen molar-refractivity contribution in [2.75, 3.05) is 13.7 Å². The highest BCUT2D eigenvalue weighted by Crippen LogP contribution is 2.35. The third kappa shape index (κ3) is 4.90. The van der Waals surface area contributed by atoms with E-state index in [1.807, 2.05) is 13.0 Å². The van der Waals surface area contributed by atoms with E-state index >= 15 is 0 Å². The van der Waals surface area contributed by atoms with Crippen molar-refractivity contribution in [1.82, 2.24) is 0 Å². The van der Waals surface area contributed by atoms with Crippen molar-refractivity contribution in [3.05, 3.63) is 62.7 Å². The number of hydrogen-bond acceptors (Lipinski definition) is 7. The first-order valence-electron chi connectivity index (χ1n) is 9.01.